The zero-order valence-electron chi connectivity index (χ0n) is 10.7. The number of aryl methyl sites for hydroxylation is 2. The van der Waals surface area contributed by atoms with E-state index in [0.29, 0.717) is 5.92 Å². The standard InChI is InChI=1S/C15H19BrN2/c1-10(8-17)5-12-9-18-4-2-3-11-6-13(16)7-14(12)15(11)18/h6-7,9-10H,2-5,8,17H2,1H3. The molecule has 0 saturated carbocycles. The van der Waals surface area contributed by atoms with E-state index in [1.54, 1.807) is 0 Å². The molecule has 1 aromatic heterocycles. The van der Waals surface area contributed by atoms with E-state index in [1.807, 2.05) is 0 Å². The summed E-state index contributed by atoms with van der Waals surface area (Å²) in [5.74, 6) is 0.548. The summed E-state index contributed by atoms with van der Waals surface area (Å²) in [6, 6.07) is 4.54. The van der Waals surface area contributed by atoms with Crippen molar-refractivity contribution in [3.8, 4) is 0 Å². The SMILES string of the molecule is CC(CN)Cc1cn2c3c(cc(Br)cc13)CCC2. The fourth-order valence-electron chi connectivity index (χ4n) is 2.99. The number of hydrogen-bond donors (Lipinski definition) is 1. The molecule has 0 spiro atoms. The molecule has 2 N–H and O–H groups in total. The molecule has 3 heteroatoms. The Morgan fingerprint density at radius 1 is 1.44 bits per heavy atom. The summed E-state index contributed by atoms with van der Waals surface area (Å²) in [7, 11) is 0. The zero-order chi connectivity index (χ0) is 12.7. The van der Waals surface area contributed by atoms with Crippen molar-refractivity contribution in [3.05, 3.63) is 33.9 Å². The highest BCUT2D eigenvalue weighted by molar-refractivity contribution is 9.10. The molecule has 18 heavy (non-hydrogen) atoms. The normalized spacial score (nSPS) is 16.2. The van der Waals surface area contributed by atoms with Crippen LogP contribution in [0.4, 0.5) is 0 Å². The highest BCUT2D eigenvalue weighted by atomic mass is 79.9. The van der Waals surface area contributed by atoms with E-state index in [9.17, 15) is 0 Å². The van der Waals surface area contributed by atoms with Crippen LogP contribution in [0.1, 0.15) is 24.5 Å². The average Bonchev–Trinajstić information content (AvgIpc) is 2.69. The van der Waals surface area contributed by atoms with E-state index in [0.717, 1.165) is 19.5 Å². The van der Waals surface area contributed by atoms with Gasteiger partial charge in [0.1, 0.15) is 0 Å². The van der Waals surface area contributed by atoms with E-state index < -0.39 is 0 Å². The van der Waals surface area contributed by atoms with Crippen LogP contribution >= 0.6 is 15.9 Å². The number of aromatic nitrogens is 1. The zero-order valence-corrected chi connectivity index (χ0v) is 12.3. The maximum atomic E-state index is 5.76. The largest absolute Gasteiger partial charge is 0.347 e. The second-order valence-electron chi connectivity index (χ2n) is 5.46. The highest BCUT2D eigenvalue weighted by Crippen LogP contribution is 2.33. The van der Waals surface area contributed by atoms with E-state index in [-0.39, 0.29) is 0 Å². The number of halogens is 1. The molecule has 2 heterocycles. The summed E-state index contributed by atoms with van der Waals surface area (Å²) in [4.78, 5) is 0. The second kappa shape index (κ2) is 4.71. The minimum Gasteiger partial charge on any atom is -0.347 e. The molecule has 1 unspecified atom stereocenters. The first-order chi connectivity index (χ1) is 8.69. The Balaban J connectivity index is 2.16. The third-order valence-electron chi connectivity index (χ3n) is 3.91. The number of nitrogens with two attached hydrogens (primary N) is 1. The molecule has 1 aliphatic rings. The van der Waals surface area contributed by atoms with Crippen LogP contribution in [0, 0.1) is 5.92 Å². The first-order valence-corrected chi connectivity index (χ1v) is 7.48. The van der Waals surface area contributed by atoms with Crippen LogP contribution in [0.15, 0.2) is 22.8 Å². The maximum absolute atomic E-state index is 5.76. The summed E-state index contributed by atoms with van der Waals surface area (Å²) in [5, 5.41) is 1.42. The Kier molecular flexibility index (Phi) is 3.20. The lowest BCUT2D eigenvalue weighted by Gasteiger charge is -2.15. The first kappa shape index (κ1) is 12.2. The van der Waals surface area contributed by atoms with E-state index in [1.165, 1.54) is 39.3 Å². The quantitative estimate of drug-likeness (QED) is 0.924. The van der Waals surface area contributed by atoms with Crippen LogP contribution in [-0.4, -0.2) is 11.1 Å². The predicted octanol–water partition coefficient (Wildman–Crippen LogP) is 3.49. The molecule has 3 rings (SSSR count). The molecule has 0 saturated heterocycles. The van der Waals surface area contributed by atoms with Crippen LogP contribution in [0.2, 0.25) is 0 Å². The smallest absolute Gasteiger partial charge is 0.0516 e. The fraction of sp³-hybridized carbons (Fsp3) is 0.467. The Morgan fingerprint density at radius 2 is 2.28 bits per heavy atom. The minimum absolute atomic E-state index is 0.548. The lowest BCUT2D eigenvalue weighted by Crippen LogP contribution is -2.12. The summed E-state index contributed by atoms with van der Waals surface area (Å²) in [6.07, 6.45) is 5.87. The van der Waals surface area contributed by atoms with E-state index in [4.69, 9.17) is 5.73 Å². The molecule has 0 bridgehead atoms. The van der Waals surface area contributed by atoms with Crippen molar-refractivity contribution >= 4 is 26.8 Å². The minimum atomic E-state index is 0.548. The Morgan fingerprint density at radius 3 is 3.06 bits per heavy atom. The van der Waals surface area contributed by atoms with E-state index >= 15 is 0 Å². The molecule has 1 aliphatic heterocycles. The molecule has 0 aliphatic carbocycles. The fourth-order valence-corrected chi connectivity index (χ4v) is 3.50. The third-order valence-corrected chi connectivity index (χ3v) is 4.37. The van der Waals surface area contributed by atoms with E-state index in [2.05, 4.69) is 45.8 Å². The second-order valence-corrected chi connectivity index (χ2v) is 6.37. The average molecular weight is 307 g/mol. The van der Waals surface area contributed by atoms with Gasteiger partial charge in [0, 0.05) is 22.6 Å². The molecular formula is C15H19BrN2. The van der Waals surface area contributed by atoms with Crippen LogP contribution in [0.5, 0.6) is 0 Å². The van der Waals surface area contributed by atoms with Crippen LogP contribution in [0.3, 0.4) is 0 Å². The van der Waals surface area contributed by atoms with Gasteiger partial charge in [0.15, 0.2) is 0 Å². The summed E-state index contributed by atoms with van der Waals surface area (Å²) >= 11 is 3.64. The van der Waals surface area contributed by atoms with Gasteiger partial charge in [-0.2, -0.15) is 0 Å². The van der Waals surface area contributed by atoms with Gasteiger partial charge in [0.2, 0.25) is 0 Å². The van der Waals surface area contributed by atoms with Gasteiger partial charge in [-0.3, -0.25) is 0 Å². The van der Waals surface area contributed by atoms with Gasteiger partial charge in [0.25, 0.3) is 0 Å². The monoisotopic (exact) mass is 306 g/mol. The molecule has 1 atom stereocenters. The van der Waals surface area contributed by atoms with Crippen molar-refractivity contribution in [2.24, 2.45) is 11.7 Å². The molecule has 0 radical (unpaired) electrons. The van der Waals surface area contributed by atoms with Crippen molar-refractivity contribution in [1.29, 1.82) is 0 Å². The maximum Gasteiger partial charge on any atom is 0.0516 e. The van der Waals surface area contributed by atoms with Gasteiger partial charge in [-0.15, -0.1) is 0 Å². The van der Waals surface area contributed by atoms with Gasteiger partial charge < -0.3 is 10.3 Å². The van der Waals surface area contributed by atoms with Crippen LogP contribution in [-0.2, 0) is 19.4 Å². The van der Waals surface area contributed by atoms with Crippen molar-refractivity contribution in [3.63, 3.8) is 0 Å². The van der Waals surface area contributed by atoms with Crippen molar-refractivity contribution < 1.29 is 0 Å². The van der Waals surface area contributed by atoms with Crippen molar-refractivity contribution in [1.82, 2.24) is 4.57 Å². The Bertz CT molecular complexity index is 586. The van der Waals surface area contributed by atoms with Crippen LogP contribution in [0.25, 0.3) is 10.9 Å². The van der Waals surface area contributed by atoms with Crippen LogP contribution < -0.4 is 5.73 Å². The molecule has 96 valence electrons. The molecule has 0 fully saturated rings. The molecule has 2 nitrogen and oxygen atoms in total. The predicted molar refractivity (Wildman–Crippen MR) is 79.9 cm³/mol. The van der Waals surface area contributed by atoms with Gasteiger partial charge in [-0.1, -0.05) is 22.9 Å². The van der Waals surface area contributed by atoms with Gasteiger partial charge in [-0.25, -0.2) is 0 Å². The lowest BCUT2D eigenvalue weighted by atomic mass is 9.98. The third kappa shape index (κ3) is 1.99. The molecule has 2 aromatic rings. The Labute approximate surface area is 116 Å². The highest BCUT2D eigenvalue weighted by Gasteiger charge is 2.17. The number of nitrogens with zero attached hydrogens (tertiary/aromatic N) is 1. The van der Waals surface area contributed by atoms with Gasteiger partial charge >= 0.3 is 0 Å². The van der Waals surface area contributed by atoms with Crippen molar-refractivity contribution in [2.45, 2.75) is 32.7 Å². The number of benzene rings is 1. The molecular weight excluding hydrogens is 288 g/mol. The summed E-state index contributed by atoms with van der Waals surface area (Å²) in [5.41, 5.74) is 10.1. The van der Waals surface area contributed by atoms with Gasteiger partial charge in [0.05, 0.1) is 5.52 Å². The molecule has 0 amide bonds. The number of hydrogen-bond acceptors (Lipinski definition) is 1. The van der Waals surface area contributed by atoms with Gasteiger partial charge in [-0.05, 0) is 55.0 Å². The topological polar surface area (TPSA) is 30.9 Å². The summed E-state index contributed by atoms with van der Waals surface area (Å²) in [6.45, 7) is 4.14. The first-order valence-electron chi connectivity index (χ1n) is 6.69. The lowest BCUT2D eigenvalue weighted by molar-refractivity contribution is 0.590. The molecule has 1 aromatic carbocycles. The Hall–Kier alpha value is -0.800. The summed E-state index contributed by atoms with van der Waals surface area (Å²) < 4.78 is 3.63. The number of rotatable bonds is 3. The van der Waals surface area contributed by atoms with Crippen molar-refractivity contribution in [2.75, 3.05) is 6.54 Å².